The zero-order valence-electron chi connectivity index (χ0n) is 11.4. The molecule has 0 saturated heterocycles. The molecule has 0 aromatic heterocycles. The molecule has 2 aliphatic carbocycles. The van der Waals surface area contributed by atoms with Crippen molar-refractivity contribution in [2.45, 2.75) is 50.0 Å². The van der Waals surface area contributed by atoms with Gasteiger partial charge in [0.1, 0.15) is 0 Å². The van der Waals surface area contributed by atoms with Gasteiger partial charge in [0.05, 0.1) is 10.5 Å². The monoisotopic (exact) mass is 280 g/mol. The van der Waals surface area contributed by atoms with Gasteiger partial charge < -0.3 is 0 Å². The van der Waals surface area contributed by atoms with Crippen LogP contribution in [0.4, 0.5) is 0 Å². The lowest BCUT2D eigenvalue weighted by atomic mass is 9.86. The van der Waals surface area contributed by atoms with Crippen LogP contribution in [0, 0.1) is 18.8 Å². The highest BCUT2D eigenvalue weighted by Gasteiger charge is 2.51. The summed E-state index contributed by atoms with van der Waals surface area (Å²) in [4.78, 5) is 0.266. The molecule has 19 heavy (non-hydrogen) atoms. The summed E-state index contributed by atoms with van der Waals surface area (Å²) in [6.07, 6.45) is 4.33. The molecule has 3 unspecified atom stereocenters. The van der Waals surface area contributed by atoms with Crippen LogP contribution in [0.2, 0.25) is 0 Å². The van der Waals surface area contributed by atoms with Crippen molar-refractivity contribution in [1.82, 2.24) is 0 Å². The van der Waals surface area contributed by atoms with Crippen molar-refractivity contribution in [1.29, 1.82) is 0 Å². The van der Waals surface area contributed by atoms with Crippen molar-refractivity contribution < 1.29 is 12.6 Å². The molecule has 4 heteroatoms. The van der Waals surface area contributed by atoms with Gasteiger partial charge in [-0.05, 0) is 63.5 Å². The van der Waals surface area contributed by atoms with Crippen molar-refractivity contribution >= 4 is 10.1 Å². The van der Waals surface area contributed by atoms with E-state index in [0.29, 0.717) is 11.8 Å². The topological polar surface area (TPSA) is 43.4 Å². The van der Waals surface area contributed by atoms with Crippen molar-refractivity contribution in [2.24, 2.45) is 11.8 Å². The molecule has 3 atom stereocenters. The van der Waals surface area contributed by atoms with Gasteiger partial charge in [0.25, 0.3) is 10.1 Å². The molecule has 104 valence electrons. The first kappa shape index (κ1) is 13.1. The fraction of sp³-hybridized carbons (Fsp3) is 0.600. The van der Waals surface area contributed by atoms with E-state index in [2.05, 4.69) is 0 Å². The number of benzene rings is 1. The Balaban J connectivity index is 1.84. The molecule has 3 rings (SSSR count). The lowest BCUT2D eigenvalue weighted by molar-refractivity contribution is 0.0382. The third kappa shape index (κ3) is 2.32. The van der Waals surface area contributed by atoms with Gasteiger partial charge >= 0.3 is 0 Å². The lowest BCUT2D eigenvalue weighted by Crippen LogP contribution is -2.37. The summed E-state index contributed by atoms with van der Waals surface area (Å²) in [6.45, 7) is 3.90. The second-order valence-corrected chi connectivity index (χ2v) is 7.79. The van der Waals surface area contributed by atoms with Crippen LogP contribution in [-0.4, -0.2) is 14.0 Å². The molecule has 0 N–H and O–H groups in total. The molecular weight excluding hydrogens is 260 g/mol. The molecule has 0 amide bonds. The van der Waals surface area contributed by atoms with Crippen LogP contribution in [0.1, 0.15) is 38.2 Å². The van der Waals surface area contributed by atoms with E-state index in [9.17, 15) is 8.42 Å². The first-order valence-electron chi connectivity index (χ1n) is 6.91. The Kier molecular flexibility index (Phi) is 2.98. The van der Waals surface area contributed by atoms with Crippen LogP contribution in [0.15, 0.2) is 29.2 Å². The molecule has 2 saturated carbocycles. The highest BCUT2D eigenvalue weighted by molar-refractivity contribution is 7.86. The fourth-order valence-electron chi connectivity index (χ4n) is 3.66. The summed E-state index contributed by atoms with van der Waals surface area (Å²) >= 11 is 0. The third-order valence-electron chi connectivity index (χ3n) is 4.71. The van der Waals surface area contributed by atoms with Crippen molar-refractivity contribution in [3.8, 4) is 0 Å². The number of hydrogen-bond acceptors (Lipinski definition) is 3. The summed E-state index contributed by atoms with van der Waals surface area (Å²) in [6, 6.07) is 6.86. The highest BCUT2D eigenvalue weighted by Crippen LogP contribution is 2.53. The molecule has 1 aromatic carbocycles. The summed E-state index contributed by atoms with van der Waals surface area (Å²) in [7, 11) is -3.64. The van der Waals surface area contributed by atoms with Crippen molar-refractivity contribution in [3.05, 3.63) is 29.8 Å². The molecule has 2 fully saturated rings. The summed E-state index contributed by atoms with van der Waals surface area (Å²) in [5.74, 6) is 1.06. The Hall–Kier alpha value is -0.870. The van der Waals surface area contributed by atoms with Crippen LogP contribution in [0.25, 0.3) is 0 Å². The van der Waals surface area contributed by atoms with E-state index < -0.39 is 15.7 Å². The maximum Gasteiger partial charge on any atom is 0.297 e. The Labute approximate surface area is 115 Å². The van der Waals surface area contributed by atoms with Gasteiger partial charge in [0.15, 0.2) is 0 Å². The third-order valence-corrected chi connectivity index (χ3v) is 6.16. The van der Waals surface area contributed by atoms with Gasteiger partial charge in [-0.1, -0.05) is 17.7 Å². The van der Waals surface area contributed by atoms with Gasteiger partial charge in [0.2, 0.25) is 0 Å². The molecule has 2 aliphatic rings. The summed E-state index contributed by atoms with van der Waals surface area (Å²) in [5.41, 5.74) is 0.553. The Morgan fingerprint density at radius 1 is 1.21 bits per heavy atom. The minimum absolute atomic E-state index is 0.266. The van der Waals surface area contributed by atoms with Crippen LogP contribution in [-0.2, 0) is 14.3 Å². The van der Waals surface area contributed by atoms with Crippen molar-refractivity contribution in [3.63, 3.8) is 0 Å². The molecule has 0 heterocycles. The van der Waals surface area contributed by atoms with Gasteiger partial charge in [-0.25, -0.2) is 0 Å². The minimum Gasteiger partial charge on any atom is -0.260 e. The Morgan fingerprint density at radius 3 is 2.42 bits per heavy atom. The molecule has 0 spiro atoms. The lowest BCUT2D eigenvalue weighted by Gasteiger charge is -2.32. The molecule has 0 aliphatic heterocycles. The zero-order chi connectivity index (χ0) is 13.7. The average molecular weight is 280 g/mol. The molecule has 3 nitrogen and oxygen atoms in total. The average Bonchev–Trinajstić information content (AvgIpc) is 2.88. The van der Waals surface area contributed by atoms with E-state index >= 15 is 0 Å². The number of aryl methyl sites for hydroxylation is 1. The van der Waals surface area contributed by atoms with E-state index in [1.165, 1.54) is 6.42 Å². The Bertz CT molecular complexity index is 576. The molecular formula is C15H20O3S. The first-order chi connectivity index (χ1) is 8.89. The molecule has 1 aromatic rings. The van der Waals surface area contributed by atoms with Gasteiger partial charge in [-0.2, -0.15) is 8.42 Å². The Morgan fingerprint density at radius 2 is 1.89 bits per heavy atom. The van der Waals surface area contributed by atoms with Crippen LogP contribution in [0.3, 0.4) is 0 Å². The second-order valence-electron chi connectivity index (χ2n) is 6.24. The van der Waals surface area contributed by atoms with Gasteiger partial charge in [-0.15, -0.1) is 0 Å². The van der Waals surface area contributed by atoms with Gasteiger partial charge in [-0.3, -0.25) is 4.18 Å². The maximum atomic E-state index is 12.4. The molecule has 2 bridgehead atoms. The van der Waals surface area contributed by atoms with E-state index in [4.69, 9.17) is 4.18 Å². The van der Waals surface area contributed by atoms with Crippen LogP contribution >= 0.6 is 0 Å². The van der Waals surface area contributed by atoms with Crippen LogP contribution in [0.5, 0.6) is 0 Å². The first-order valence-corrected chi connectivity index (χ1v) is 8.32. The minimum atomic E-state index is -3.64. The maximum absolute atomic E-state index is 12.4. The summed E-state index contributed by atoms with van der Waals surface area (Å²) < 4.78 is 30.3. The van der Waals surface area contributed by atoms with Crippen molar-refractivity contribution in [2.75, 3.05) is 0 Å². The predicted octanol–water partition coefficient (Wildman–Crippen LogP) is 3.28. The standard InChI is InChI=1S/C15H20O3S/c1-11-3-7-14(8-4-11)19(16,17)18-15(2)10-12-5-6-13(15)9-12/h3-4,7-8,12-13H,5-6,9-10H2,1-2H3. The van der Waals surface area contributed by atoms with E-state index in [-0.39, 0.29) is 4.90 Å². The highest BCUT2D eigenvalue weighted by atomic mass is 32.2. The smallest absolute Gasteiger partial charge is 0.260 e. The van der Waals surface area contributed by atoms with Crippen LogP contribution < -0.4 is 0 Å². The van der Waals surface area contributed by atoms with E-state index in [1.807, 2.05) is 13.8 Å². The largest absolute Gasteiger partial charge is 0.297 e. The number of rotatable bonds is 3. The number of hydrogen-bond donors (Lipinski definition) is 0. The molecule has 0 radical (unpaired) electrons. The quantitative estimate of drug-likeness (QED) is 0.798. The van der Waals surface area contributed by atoms with E-state index in [0.717, 1.165) is 24.8 Å². The van der Waals surface area contributed by atoms with E-state index in [1.54, 1.807) is 24.3 Å². The fourth-order valence-corrected chi connectivity index (χ4v) is 4.93. The number of fused-ring (bicyclic) bond motifs is 2. The normalized spacial score (nSPS) is 33.8. The predicted molar refractivity (Wildman–Crippen MR) is 73.3 cm³/mol. The summed E-state index contributed by atoms with van der Waals surface area (Å²) in [5, 5.41) is 0. The van der Waals surface area contributed by atoms with Gasteiger partial charge in [0, 0.05) is 0 Å². The zero-order valence-corrected chi connectivity index (χ0v) is 12.2. The SMILES string of the molecule is Cc1ccc(S(=O)(=O)OC2(C)CC3CCC2C3)cc1. The second kappa shape index (κ2) is 4.32.